The van der Waals surface area contributed by atoms with Gasteiger partial charge in [-0.05, 0) is 6.92 Å². The highest BCUT2D eigenvalue weighted by Gasteiger charge is 2.57. The van der Waals surface area contributed by atoms with Crippen molar-refractivity contribution in [3.8, 4) is 0 Å². The van der Waals surface area contributed by atoms with Gasteiger partial charge in [0.05, 0.1) is 28.6 Å². The lowest BCUT2D eigenvalue weighted by atomic mass is 9.92. The predicted octanol–water partition coefficient (Wildman–Crippen LogP) is 0.912. The van der Waals surface area contributed by atoms with Crippen molar-refractivity contribution in [3.63, 3.8) is 0 Å². The van der Waals surface area contributed by atoms with Crippen LogP contribution in [0.25, 0.3) is 0 Å². The van der Waals surface area contributed by atoms with Crippen LogP contribution in [0.5, 0.6) is 0 Å². The maximum absolute atomic E-state index is 12.2. The van der Waals surface area contributed by atoms with Gasteiger partial charge in [-0.1, -0.05) is 25.6 Å². The standard InChI is InChI=1S/C15H21N3O4S2/c1-6(2)11-16-4-8(5-17-11)23-15-10(14(21)22)18-12(20)9(7(3)19)13(18)24-15/h6-9,13,19H,4-5H2,1-3H3,(H,16,17)(H,21,22)/t7?,9?,13-/m1/s1. The minimum Gasteiger partial charge on any atom is -0.477 e. The van der Waals surface area contributed by atoms with Crippen molar-refractivity contribution in [1.29, 1.82) is 0 Å². The Morgan fingerprint density at radius 1 is 1.46 bits per heavy atom. The number of aliphatic carboxylic acids is 1. The van der Waals surface area contributed by atoms with Gasteiger partial charge in [0, 0.05) is 17.7 Å². The largest absolute Gasteiger partial charge is 0.477 e. The molecule has 0 radical (unpaired) electrons. The van der Waals surface area contributed by atoms with Crippen LogP contribution in [-0.2, 0) is 9.59 Å². The van der Waals surface area contributed by atoms with Crippen molar-refractivity contribution < 1.29 is 19.8 Å². The van der Waals surface area contributed by atoms with Gasteiger partial charge < -0.3 is 15.5 Å². The molecule has 0 aromatic carbocycles. The molecule has 9 heteroatoms. The van der Waals surface area contributed by atoms with E-state index in [1.807, 2.05) is 0 Å². The van der Waals surface area contributed by atoms with E-state index in [9.17, 15) is 19.8 Å². The number of carboxylic acids is 1. The molecule has 1 saturated heterocycles. The number of amidine groups is 1. The first-order chi connectivity index (χ1) is 11.3. The fourth-order valence-corrected chi connectivity index (χ4v) is 6.15. The molecule has 0 bridgehead atoms. The molecule has 0 spiro atoms. The fraction of sp³-hybridized carbons (Fsp3) is 0.667. The molecule has 0 aliphatic carbocycles. The van der Waals surface area contributed by atoms with E-state index in [0.717, 1.165) is 12.4 Å². The number of thioether (sulfide) groups is 2. The van der Waals surface area contributed by atoms with E-state index in [1.165, 1.54) is 28.4 Å². The molecule has 0 aromatic heterocycles. The Kier molecular flexibility index (Phi) is 4.85. The van der Waals surface area contributed by atoms with Gasteiger partial charge in [-0.2, -0.15) is 0 Å². The van der Waals surface area contributed by atoms with Crippen molar-refractivity contribution in [2.45, 2.75) is 37.5 Å². The molecule has 0 aromatic rings. The van der Waals surface area contributed by atoms with Gasteiger partial charge in [-0.3, -0.25) is 14.7 Å². The Balaban J connectivity index is 1.74. The van der Waals surface area contributed by atoms with Crippen molar-refractivity contribution in [2.24, 2.45) is 16.8 Å². The normalized spacial score (nSPS) is 30.7. The summed E-state index contributed by atoms with van der Waals surface area (Å²) >= 11 is 2.83. The molecule has 3 rings (SSSR count). The number of carbonyl (C=O) groups is 2. The van der Waals surface area contributed by atoms with Gasteiger partial charge in [0.15, 0.2) is 5.70 Å². The van der Waals surface area contributed by atoms with Crippen LogP contribution < -0.4 is 5.32 Å². The Hall–Kier alpha value is -1.19. The number of nitrogens with zero attached hydrogens (tertiary/aromatic N) is 2. The number of hydrogen-bond acceptors (Lipinski definition) is 7. The van der Waals surface area contributed by atoms with Crippen LogP contribution in [0.3, 0.4) is 0 Å². The summed E-state index contributed by atoms with van der Waals surface area (Å²) in [6, 6.07) is 0. The summed E-state index contributed by atoms with van der Waals surface area (Å²) in [4.78, 5) is 29.6. The molecule has 4 atom stereocenters. The van der Waals surface area contributed by atoms with Crippen LogP contribution in [0, 0.1) is 11.8 Å². The lowest BCUT2D eigenvalue weighted by Crippen LogP contribution is -2.60. The summed E-state index contributed by atoms with van der Waals surface area (Å²) < 4.78 is 0.638. The number of aliphatic hydroxyl groups is 1. The van der Waals surface area contributed by atoms with Crippen LogP contribution in [0.15, 0.2) is 14.9 Å². The highest BCUT2D eigenvalue weighted by Crippen LogP contribution is 2.54. The molecule has 3 N–H and O–H groups in total. The number of β-lactam (4-membered cyclic amide) rings is 1. The number of hydrogen-bond donors (Lipinski definition) is 3. The molecule has 24 heavy (non-hydrogen) atoms. The molecule has 3 aliphatic heterocycles. The second-order valence-electron chi connectivity index (χ2n) is 6.43. The molecule has 3 unspecified atom stereocenters. The SMILES string of the molecule is CC(C)C1=NCC(SC2=C(C(=O)O)N3C(=O)C(C(C)O)[C@H]3S2)CN1. The molecular formula is C15H21N3O4S2. The first kappa shape index (κ1) is 17.6. The zero-order valence-electron chi connectivity index (χ0n) is 13.7. The van der Waals surface area contributed by atoms with Crippen molar-refractivity contribution >= 4 is 41.2 Å². The number of amides is 1. The smallest absolute Gasteiger partial charge is 0.354 e. The van der Waals surface area contributed by atoms with E-state index in [2.05, 4.69) is 24.2 Å². The third-order valence-electron chi connectivity index (χ3n) is 4.27. The van der Waals surface area contributed by atoms with E-state index in [0.29, 0.717) is 16.7 Å². The summed E-state index contributed by atoms with van der Waals surface area (Å²) in [6.07, 6.45) is -0.778. The summed E-state index contributed by atoms with van der Waals surface area (Å²) in [5, 5.41) is 22.4. The summed E-state index contributed by atoms with van der Waals surface area (Å²) in [5.74, 6) is -0.613. The molecule has 0 saturated carbocycles. The number of carbonyl (C=O) groups excluding carboxylic acids is 1. The molecule has 132 valence electrons. The van der Waals surface area contributed by atoms with Crippen molar-refractivity contribution in [1.82, 2.24) is 10.2 Å². The topological polar surface area (TPSA) is 102 Å². The molecular weight excluding hydrogens is 350 g/mol. The summed E-state index contributed by atoms with van der Waals surface area (Å²) in [7, 11) is 0. The van der Waals surface area contributed by atoms with E-state index in [4.69, 9.17) is 0 Å². The second kappa shape index (κ2) is 6.61. The highest BCUT2D eigenvalue weighted by molar-refractivity contribution is 8.23. The first-order valence-corrected chi connectivity index (χ1v) is 9.67. The first-order valence-electron chi connectivity index (χ1n) is 7.91. The van der Waals surface area contributed by atoms with Crippen molar-refractivity contribution in [3.05, 3.63) is 9.93 Å². The van der Waals surface area contributed by atoms with Gasteiger partial charge in [-0.25, -0.2) is 4.79 Å². The number of rotatable bonds is 5. The Bertz CT molecular complexity index is 632. The number of carboxylic acid groups (broad SMARTS) is 1. The van der Waals surface area contributed by atoms with E-state index in [1.54, 1.807) is 6.92 Å². The van der Waals surface area contributed by atoms with Crippen LogP contribution in [0.2, 0.25) is 0 Å². The third-order valence-corrected chi connectivity index (χ3v) is 7.05. The zero-order chi connectivity index (χ0) is 17.6. The maximum Gasteiger partial charge on any atom is 0.354 e. The average Bonchev–Trinajstić information content (AvgIpc) is 2.81. The van der Waals surface area contributed by atoms with Crippen LogP contribution >= 0.6 is 23.5 Å². The third kappa shape index (κ3) is 2.93. The second-order valence-corrected chi connectivity index (χ2v) is 9.12. The van der Waals surface area contributed by atoms with Gasteiger partial charge in [0.25, 0.3) is 0 Å². The summed E-state index contributed by atoms with van der Waals surface area (Å²) in [6.45, 7) is 7.06. The lowest BCUT2D eigenvalue weighted by Gasteiger charge is -2.43. The van der Waals surface area contributed by atoms with Crippen LogP contribution in [0.4, 0.5) is 0 Å². The molecule has 7 nitrogen and oxygen atoms in total. The van der Waals surface area contributed by atoms with Crippen LogP contribution in [0.1, 0.15) is 20.8 Å². The Morgan fingerprint density at radius 2 is 2.17 bits per heavy atom. The number of nitrogens with one attached hydrogen (secondary N) is 1. The van der Waals surface area contributed by atoms with Gasteiger partial charge in [0.2, 0.25) is 5.91 Å². The van der Waals surface area contributed by atoms with Gasteiger partial charge >= 0.3 is 5.97 Å². The average molecular weight is 371 g/mol. The van der Waals surface area contributed by atoms with E-state index >= 15 is 0 Å². The highest BCUT2D eigenvalue weighted by atomic mass is 32.2. The minimum atomic E-state index is -1.10. The van der Waals surface area contributed by atoms with Crippen LogP contribution in [-0.4, -0.2) is 62.6 Å². The fourth-order valence-electron chi connectivity index (χ4n) is 2.99. The predicted molar refractivity (Wildman–Crippen MR) is 94.6 cm³/mol. The van der Waals surface area contributed by atoms with E-state index < -0.39 is 18.0 Å². The van der Waals surface area contributed by atoms with Gasteiger partial charge in [-0.15, -0.1) is 11.8 Å². The molecule has 3 heterocycles. The van der Waals surface area contributed by atoms with Crippen molar-refractivity contribution in [2.75, 3.05) is 13.1 Å². The van der Waals surface area contributed by atoms with Gasteiger partial charge in [0.1, 0.15) is 5.37 Å². The summed E-state index contributed by atoms with van der Waals surface area (Å²) in [5.41, 5.74) is 0.0514. The number of fused-ring (bicyclic) bond motifs is 1. The Morgan fingerprint density at radius 3 is 2.67 bits per heavy atom. The maximum atomic E-state index is 12.2. The monoisotopic (exact) mass is 371 g/mol. The van der Waals surface area contributed by atoms with E-state index in [-0.39, 0.29) is 22.2 Å². The molecule has 1 amide bonds. The quantitative estimate of drug-likeness (QED) is 0.617. The Labute approximate surface area is 149 Å². The molecule has 1 fully saturated rings. The lowest BCUT2D eigenvalue weighted by molar-refractivity contribution is -0.156. The number of aliphatic hydroxyl groups excluding tert-OH is 1. The number of aliphatic imine (C=N–C) groups is 1. The minimum absolute atomic E-state index is 0.0514. The molecule has 3 aliphatic rings. The zero-order valence-corrected chi connectivity index (χ0v) is 15.4.